The lowest BCUT2D eigenvalue weighted by Crippen LogP contribution is -2.70. The third kappa shape index (κ3) is 1.55. The molecule has 4 fully saturated rings. The van der Waals surface area contributed by atoms with Crippen molar-refractivity contribution in [1.29, 1.82) is 0 Å². The van der Waals surface area contributed by atoms with Gasteiger partial charge in [0.15, 0.2) is 0 Å². The predicted molar refractivity (Wildman–Crippen MR) is 65.7 cm³/mol. The second-order valence-corrected chi connectivity index (χ2v) is 6.78. The summed E-state index contributed by atoms with van der Waals surface area (Å²) in [6.45, 7) is 4.13. The number of rotatable bonds is 3. The molecule has 0 amide bonds. The standard InChI is InChI=1S/C14H23NO2/c1-8(2)15-14(13(16)17)11-4-9-3-10(6-11)7-12(14)5-9/h8-12,15H,3-7H2,1-2H3,(H,16,17). The third-order valence-electron chi connectivity index (χ3n) is 5.31. The van der Waals surface area contributed by atoms with E-state index in [1.54, 1.807) is 0 Å². The van der Waals surface area contributed by atoms with Crippen molar-refractivity contribution >= 4 is 5.97 Å². The number of carbonyl (C=O) groups is 1. The highest BCUT2D eigenvalue weighted by Crippen LogP contribution is 2.58. The zero-order chi connectivity index (χ0) is 12.2. The van der Waals surface area contributed by atoms with Gasteiger partial charge in [-0.25, -0.2) is 0 Å². The molecule has 17 heavy (non-hydrogen) atoms. The lowest BCUT2D eigenvalue weighted by atomic mass is 9.48. The molecule has 2 N–H and O–H groups in total. The number of nitrogens with one attached hydrogen (secondary N) is 1. The Morgan fingerprint density at radius 1 is 1.12 bits per heavy atom. The van der Waals surface area contributed by atoms with Crippen LogP contribution in [0.1, 0.15) is 46.0 Å². The average Bonchev–Trinajstić information content (AvgIpc) is 2.21. The number of hydrogen-bond acceptors (Lipinski definition) is 2. The molecule has 0 radical (unpaired) electrons. The van der Waals surface area contributed by atoms with Crippen LogP contribution in [0.2, 0.25) is 0 Å². The zero-order valence-corrected chi connectivity index (χ0v) is 10.8. The minimum atomic E-state index is -0.610. The van der Waals surface area contributed by atoms with E-state index in [1.165, 1.54) is 6.42 Å². The Labute approximate surface area is 103 Å². The maximum atomic E-state index is 11.9. The molecule has 0 aromatic rings. The van der Waals surface area contributed by atoms with Gasteiger partial charge in [0.2, 0.25) is 0 Å². The number of carboxylic acids is 1. The first-order valence-electron chi connectivity index (χ1n) is 7.03. The van der Waals surface area contributed by atoms with Gasteiger partial charge < -0.3 is 5.11 Å². The zero-order valence-electron chi connectivity index (χ0n) is 10.8. The van der Waals surface area contributed by atoms with E-state index >= 15 is 0 Å². The van der Waals surface area contributed by atoms with Gasteiger partial charge >= 0.3 is 5.97 Å². The molecule has 4 aliphatic rings. The molecular formula is C14H23NO2. The van der Waals surface area contributed by atoms with E-state index in [4.69, 9.17) is 0 Å². The monoisotopic (exact) mass is 237 g/mol. The van der Waals surface area contributed by atoms with E-state index in [0.29, 0.717) is 11.8 Å². The van der Waals surface area contributed by atoms with E-state index in [-0.39, 0.29) is 6.04 Å². The van der Waals surface area contributed by atoms with Crippen LogP contribution in [0.3, 0.4) is 0 Å². The highest BCUT2D eigenvalue weighted by molar-refractivity contribution is 5.80. The van der Waals surface area contributed by atoms with E-state index in [2.05, 4.69) is 19.2 Å². The summed E-state index contributed by atoms with van der Waals surface area (Å²) in [5.41, 5.74) is -0.610. The second kappa shape index (κ2) is 3.71. The Morgan fingerprint density at radius 3 is 1.94 bits per heavy atom. The molecule has 3 heteroatoms. The van der Waals surface area contributed by atoms with Crippen molar-refractivity contribution in [3.05, 3.63) is 0 Å². The van der Waals surface area contributed by atoms with Crippen molar-refractivity contribution in [2.24, 2.45) is 23.7 Å². The molecule has 0 aliphatic heterocycles. The van der Waals surface area contributed by atoms with Gasteiger partial charge in [-0.1, -0.05) is 0 Å². The lowest BCUT2D eigenvalue weighted by molar-refractivity contribution is -0.165. The SMILES string of the molecule is CC(C)NC1(C(=O)O)C2CC3CC(C2)CC1C3. The molecule has 0 spiro atoms. The Bertz CT molecular complexity index is 309. The van der Waals surface area contributed by atoms with Crippen molar-refractivity contribution in [3.8, 4) is 0 Å². The van der Waals surface area contributed by atoms with Crippen molar-refractivity contribution < 1.29 is 9.90 Å². The second-order valence-electron chi connectivity index (χ2n) is 6.78. The topological polar surface area (TPSA) is 49.3 Å². The maximum absolute atomic E-state index is 11.9. The van der Waals surface area contributed by atoms with Gasteiger partial charge in [0.1, 0.15) is 5.54 Å². The summed E-state index contributed by atoms with van der Waals surface area (Å²) in [5, 5.41) is 13.2. The van der Waals surface area contributed by atoms with Crippen LogP contribution >= 0.6 is 0 Å². The first kappa shape index (κ1) is 11.5. The smallest absolute Gasteiger partial charge is 0.324 e. The summed E-state index contributed by atoms with van der Waals surface area (Å²) in [5.74, 6) is 1.79. The number of aliphatic carboxylic acids is 1. The lowest BCUT2D eigenvalue weighted by Gasteiger charge is -2.59. The quantitative estimate of drug-likeness (QED) is 0.791. The Kier molecular flexibility index (Phi) is 2.51. The molecule has 4 aliphatic carbocycles. The summed E-state index contributed by atoms with van der Waals surface area (Å²) in [6, 6.07) is 0.253. The average molecular weight is 237 g/mol. The van der Waals surface area contributed by atoms with Crippen LogP contribution in [0.25, 0.3) is 0 Å². The Morgan fingerprint density at radius 2 is 1.59 bits per heavy atom. The van der Waals surface area contributed by atoms with E-state index in [9.17, 15) is 9.90 Å². The molecule has 4 bridgehead atoms. The molecule has 0 aromatic heterocycles. The Balaban J connectivity index is 1.95. The largest absolute Gasteiger partial charge is 0.480 e. The Hall–Kier alpha value is -0.570. The van der Waals surface area contributed by atoms with Crippen LogP contribution in [0.4, 0.5) is 0 Å². The van der Waals surface area contributed by atoms with Crippen molar-refractivity contribution in [2.45, 2.75) is 57.5 Å². The molecule has 3 nitrogen and oxygen atoms in total. The third-order valence-corrected chi connectivity index (χ3v) is 5.31. The molecule has 0 saturated heterocycles. The highest BCUT2D eigenvalue weighted by Gasteiger charge is 2.61. The normalized spacial score (nSPS) is 47.7. The van der Waals surface area contributed by atoms with Gasteiger partial charge in [-0.05, 0) is 69.6 Å². The number of hydrogen-bond donors (Lipinski definition) is 2. The maximum Gasteiger partial charge on any atom is 0.324 e. The van der Waals surface area contributed by atoms with Gasteiger partial charge in [-0.3, -0.25) is 10.1 Å². The summed E-state index contributed by atoms with van der Waals surface area (Å²) in [7, 11) is 0. The van der Waals surface area contributed by atoms with Crippen LogP contribution in [-0.4, -0.2) is 22.7 Å². The summed E-state index contributed by atoms with van der Waals surface area (Å²) in [6.07, 6.45) is 5.92. The molecule has 4 rings (SSSR count). The molecular weight excluding hydrogens is 214 g/mol. The van der Waals surface area contributed by atoms with Crippen LogP contribution in [-0.2, 0) is 4.79 Å². The van der Waals surface area contributed by atoms with Gasteiger partial charge in [-0.2, -0.15) is 0 Å². The van der Waals surface area contributed by atoms with Gasteiger partial charge in [0.05, 0.1) is 0 Å². The summed E-state index contributed by atoms with van der Waals surface area (Å²) >= 11 is 0. The van der Waals surface area contributed by atoms with Crippen LogP contribution in [0, 0.1) is 23.7 Å². The fourth-order valence-corrected chi connectivity index (χ4v) is 5.05. The van der Waals surface area contributed by atoms with E-state index in [0.717, 1.165) is 37.5 Å². The summed E-state index contributed by atoms with van der Waals surface area (Å²) in [4.78, 5) is 11.9. The minimum absolute atomic E-state index is 0.253. The molecule has 0 unspecified atom stereocenters. The predicted octanol–water partition coefficient (Wildman–Crippen LogP) is 2.26. The van der Waals surface area contributed by atoms with Crippen LogP contribution in [0.5, 0.6) is 0 Å². The molecule has 0 atom stereocenters. The highest BCUT2D eigenvalue weighted by atomic mass is 16.4. The van der Waals surface area contributed by atoms with Gasteiger partial charge in [0, 0.05) is 6.04 Å². The van der Waals surface area contributed by atoms with Crippen molar-refractivity contribution in [3.63, 3.8) is 0 Å². The fourth-order valence-electron chi connectivity index (χ4n) is 5.05. The van der Waals surface area contributed by atoms with Crippen molar-refractivity contribution in [2.75, 3.05) is 0 Å². The molecule has 4 saturated carbocycles. The molecule has 96 valence electrons. The fraction of sp³-hybridized carbons (Fsp3) is 0.929. The molecule has 0 heterocycles. The minimum Gasteiger partial charge on any atom is -0.480 e. The van der Waals surface area contributed by atoms with Crippen LogP contribution < -0.4 is 5.32 Å². The molecule has 0 aromatic carbocycles. The van der Waals surface area contributed by atoms with Crippen LogP contribution in [0.15, 0.2) is 0 Å². The van der Waals surface area contributed by atoms with Crippen molar-refractivity contribution in [1.82, 2.24) is 5.32 Å². The first-order chi connectivity index (χ1) is 8.02. The van der Waals surface area contributed by atoms with E-state index < -0.39 is 11.5 Å². The summed E-state index contributed by atoms with van der Waals surface area (Å²) < 4.78 is 0. The number of carboxylic acid groups (broad SMARTS) is 1. The van der Waals surface area contributed by atoms with E-state index in [1.807, 2.05) is 0 Å². The first-order valence-corrected chi connectivity index (χ1v) is 7.03. The van der Waals surface area contributed by atoms with Gasteiger partial charge in [0.25, 0.3) is 0 Å². The van der Waals surface area contributed by atoms with Gasteiger partial charge in [-0.15, -0.1) is 0 Å².